The van der Waals surface area contributed by atoms with Crippen molar-refractivity contribution in [2.24, 2.45) is 0 Å². The first-order chi connectivity index (χ1) is 8.85. The molecule has 0 rings (SSSR count). The van der Waals surface area contributed by atoms with Crippen molar-refractivity contribution in [3.05, 3.63) is 0 Å². The van der Waals surface area contributed by atoms with Gasteiger partial charge < -0.3 is 15.1 Å². The van der Waals surface area contributed by atoms with E-state index in [4.69, 9.17) is 10.2 Å². The molecule has 0 bridgehead atoms. The molecule has 0 aliphatic rings. The van der Waals surface area contributed by atoms with Crippen LogP contribution in [0.25, 0.3) is 0 Å². The first-order valence-corrected chi connectivity index (χ1v) is 6.38. The van der Waals surface area contributed by atoms with E-state index in [1.165, 1.54) is 0 Å². The van der Waals surface area contributed by atoms with Gasteiger partial charge in [-0.1, -0.05) is 6.92 Å². The van der Waals surface area contributed by atoms with E-state index in [1.54, 1.807) is 23.9 Å². The number of hydrogen-bond donors (Lipinski definition) is 2. The Morgan fingerprint density at radius 1 is 0.842 bits per heavy atom. The van der Waals surface area contributed by atoms with E-state index in [1.807, 2.05) is 6.92 Å². The maximum Gasteiger partial charge on any atom is 0.317 e. The smallest absolute Gasteiger partial charge is 0.317 e. The summed E-state index contributed by atoms with van der Waals surface area (Å²) in [6, 6.07) is 0. The summed E-state index contributed by atoms with van der Waals surface area (Å²) in [4.78, 5) is 26.7. The lowest BCUT2D eigenvalue weighted by Crippen LogP contribution is -2.39. The third kappa shape index (κ3) is 10.4. The van der Waals surface area contributed by atoms with E-state index >= 15 is 0 Å². The van der Waals surface area contributed by atoms with Crippen molar-refractivity contribution in [3.8, 4) is 0 Å². The molecule has 0 heterocycles. The normalized spacial score (nSPS) is 11.5. The van der Waals surface area contributed by atoms with Crippen LogP contribution < -0.4 is 0 Å². The Balaban J connectivity index is 3.88. The first-order valence-electron chi connectivity index (χ1n) is 6.38. The molecule has 0 aliphatic carbocycles. The zero-order valence-corrected chi connectivity index (χ0v) is 12.0. The minimum atomic E-state index is -0.827. The number of hydrogen-bond acceptors (Lipinski definition) is 5. The number of nitrogens with zero attached hydrogens (tertiary/aromatic N) is 3. The van der Waals surface area contributed by atoms with E-state index in [2.05, 4.69) is 4.90 Å². The summed E-state index contributed by atoms with van der Waals surface area (Å²) in [5.74, 6) is -1.65. The number of carbonyl (C=O) groups is 2. The van der Waals surface area contributed by atoms with E-state index in [-0.39, 0.29) is 13.1 Å². The largest absolute Gasteiger partial charge is 0.480 e. The van der Waals surface area contributed by atoms with Gasteiger partial charge in [0.05, 0.1) is 13.1 Å². The standard InChI is InChI=1S/C12H25N3O4/c1-4-15(7-5-13(2)9-11(16)17)8-6-14(3)10-12(18)19/h4-10H2,1-3H3,(H,16,17)(H,18,19). The lowest BCUT2D eigenvalue weighted by atomic mass is 10.4. The highest BCUT2D eigenvalue weighted by atomic mass is 16.4. The van der Waals surface area contributed by atoms with E-state index < -0.39 is 11.9 Å². The van der Waals surface area contributed by atoms with Gasteiger partial charge in [-0.2, -0.15) is 0 Å². The number of likely N-dealkylation sites (N-methyl/N-ethyl adjacent to an activating group) is 3. The van der Waals surface area contributed by atoms with Crippen molar-refractivity contribution in [2.75, 3.05) is 59.9 Å². The molecular weight excluding hydrogens is 250 g/mol. The van der Waals surface area contributed by atoms with Gasteiger partial charge in [-0.15, -0.1) is 0 Å². The van der Waals surface area contributed by atoms with Crippen LogP contribution in [-0.4, -0.2) is 96.8 Å². The summed E-state index contributed by atoms with van der Waals surface area (Å²) >= 11 is 0. The molecule has 7 nitrogen and oxygen atoms in total. The molecule has 2 N–H and O–H groups in total. The fourth-order valence-corrected chi connectivity index (χ4v) is 1.67. The number of carboxylic acid groups (broad SMARTS) is 2. The quantitative estimate of drug-likeness (QED) is 0.518. The van der Waals surface area contributed by atoms with E-state index in [0.717, 1.165) is 19.6 Å². The van der Waals surface area contributed by atoms with Gasteiger partial charge >= 0.3 is 11.9 Å². The molecule has 0 spiro atoms. The molecule has 0 saturated heterocycles. The summed E-state index contributed by atoms with van der Waals surface area (Å²) in [6.45, 7) is 5.90. The van der Waals surface area contributed by atoms with Gasteiger partial charge in [0.1, 0.15) is 0 Å². The van der Waals surface area contributed by atoms with Crippen LogP contribution in [0.2, 0.25) is 0 Å². The Morgan fingerprint density at radius 3 is 1.47 bits per heavy atom. The molecule has 0 radical (unpaired) electrons. The molecule has 0 aromatic carbocycles. The predicted molar refractivity (Wildman–Crippen MR) is 72.4 cm³/mol. The third-order valence-corrected chi connectivity index (χ3v) is 2.85. The van der Waals surface area contributed by atoms with E-state index in [9.17, 15) is 9.59 Å². The average molecular weight is 275 g/mol. The van der Waals surface area contributed by atoms with Crippen LogP contribution in [0.3, 0.4) is 0 Å². The van der Waals surface area contributed by atoms with Crippen LogP contribution >= 0.6 is 0 Å². The molecular formula is C12H25N3O4. The molecule has 0 saturated carbocycles. The molecule has 0 amide bonds. The second kappa shape index (κ2) is 9.71. The van der Waals surface area contributed by atoms with Gasteiger partial charge in [-0.05, 0) is 20.6 Å². The number of rotatable bonds is 11. The zero-order valence-electron chi connectivity index (χ0n) is 12.0. The van der Waals surface area contributed by atoms with Gasteiger partial charge in [0.15, 0.2) is 0 Å². The van der Waals surface area contributed by atoms with E-state index in [0.29, 0.717) is 13.1 Å². The maximum absolute atomic E-state index is 10.5. The molecule has 19 heavy (non-hydrogen) atoms. The number of aliphatic carboxylic acids is 2. The third-order valence-electron chi connectivity index (χ3n) is 2.85. The second-order valence-corrected chi connectivity index (χ2v) is 4.70. The van der Waals surface area contributed by atoms with Gasteiger partial charge in [-0.3, -0.25) is 19.4 Å². The van der Waals surface area contributed by atoms with Crippen molar-refractivity contribution >= 4 is 11.9 Å². The van der Waals surface area contributed by atoms with Crippen molar-refractivity contribution in [1.82, 2.24) is 14.7 Å². The van der Waals surface area contributed by atoms with Gasteiger partial charge in [0.2, 0.25) is 0 Å². The van der Waals surface area contributed by atoms with Crippen molar-refractivity contribution in [2.45, 2.75) is 6.92 Å². The summed E-state index contributed by atoms with van der Waals surface area (Å²) in [7, 11) is 3.55. The maximum atomic E-state index is 10.5. The SMILES string of the molecule is CCN(CCN(C)CC(=O)O)CCN(C)CC(=O)O. The minimum absolute atomic E-state index is 0.0382. The second-order valence-electron chi connectivity index (χ2n) is 4.70. The zero-order chi connectivity index (χ0) is 14.8. The minimum Gasteiger partial charge on any atom is -0.480 e. The molecule has 112 valence electrons. The highest BCUT2D eigenvalue weighted by molar-refractivity contribution is 5.69. The summed E-state index contributed by atoms with van der Waals surface area (Å²) < 4.78 is 0. The summed E-state index contributed by atoms with van der Waals surface area (Å²) in [5, 5.41) is 17.3. The van der Waals surface area contributed by atoms with Gasteiger partial charge in [0.25, 0.3) is 0 Å². The van der Waals surface area contributed by atoms with Crippen molar-refractivity contribution in [3.63, 3.8) is 0 Å². The highest BCUT2D eigenvalue weighted by Crippen LogP contribution is 1.92. The molecule has 0 aliphatic heterocycles. The highest BCUT2D eigenvalue weighted by Gasteiger charge is 2.09. The molecule has 0 unspecified atom stereocenters. The van der Waals surface area contributed by atoms with Crippen molar-refractivity contribution < 1.29 is 19.8 Å². The summed E-state index contributed by atoms with van der Waals surface area (Å²) in [5.41, 5.74) is 0. The lowest BCUT2D eigenvalue weighted by molar-refractivity contribution is -0.138. The molecule has 0 fully saturated rings. The van der Waals surface area contributed by atoms with Crippen LogP contribution in [0, 0.1) is 0 Å². The Morgan fingerprint density at radius 2 is 1.21 bits per heavy atom. The van der Waals surface area contributed by atoms with Crippen LogP contribution in [-0.2, 0) is 9.59 Å². The molecule has 7 heteroatoms. The molecule has 0 atom stereocenters. The fraction of sp³-hybridized carbons (Fsp3) is 0.833. The van der Waals surface area contributed by atoms with Crippen LogP contribution in [0.1, 0.15) is 6.92 Å². The number of carboxylic acids is 2. The predicted octanol–water partition coefficient (Wildman–Crippen LogP) is -0.659. The molecule has 0 aromatic rings. The Bertz CT molecular complexity index is 260. The van der Waals surface area contributed by atoms with Gasteiger partial charge in [0, 0.05) is 26.2 Å². The van der Waals surface area contributed by atoms with Crippen LogP contribution in [0.15, 0.2) is 0 Å². The monoisotopic (exact) mass is 275 g/mol. The average Bonchev–Trinajstić information content (AvgIpc) is 2.27. The fourth-order valence-electron chi connectivity index (χ4n) is 1.67. The topological polar surface area (TPSA) is 84.3 Å². The molecule has 0 aromatic heterocycles. The van der Waals surface area contributed by atoms with Gasteiger partial charge in [-0.25, -0.2) is 0 Å². The van der Waals surface area contributed by atoms with Crippen LogP contribution in [0.4, 0.5) is 0 Å². The summed E-state index contributed by atoms with van der Waals surface area (Å²) in [6.07, 6.45) is 0. The Kier molecular flexibility index (Phi) is 9.11. The lowest BCUT2D eigenvalue weighted by Gasteiger charge is -2.25. The Labute approximate surface area is 114 Å². The van der Waals surface area contributed by atoms with Crippen molar-refractivity contribution in [1.29, 1.82) is 0 Å². The Hall–Kier alpha value is -1.18. The first kappa shape index (κ1) is 17.8. The van der Waals surface area contributed by atoms with Crippen LogP contribution in [0.5, 0.6) is 0 Å².